The quantitative estimate of drug-likeness (QED) is 0.850. The molecule has 2 aromatic rings. The van der Waals surface area contributed by atoms with Crippen molar-refractivity contribution >= 4 is 0 Å². The SMILES string of the molecule is CCCNC(Cc1ncnn1C)c1ccc(C)cc1OC. The van der Waals surface area contributed by atoms with E-state index in [2.05, 4.69) is 47.4 Å². The van der Waals surface area contributed by atoms with Crippen molar-refractivity contribution in [1.29, 1.82) is 0 Å². The van der Waals surface area contributed by atoms with Crippen molar-refractivity contribution < 1.29 is 4.74 Å². The highest BCUT2D eigenvalue weighted by molar-refractivity contribution is 5.39. The van der Waals surface area contributed by atoms with Gasteiger partial charge in [0, 0.05) is 25.1 Å². The van der Waals surface area contributed by atoms with Gasteiger partial charge >= 0.3 is 0 Å². The van der Waals surface area contributed by atoms with Crippen molar-refractivity contribution in [2.75, 3.05) is 13.7 Å². The van der Waals surface area contributed by atoms with Crippen LogP contribution in [0.5, 0.6) is 5.75 Å². The number of aromatic nitrogens is 3. The molecular weight excluding hydrogens is 264 g/mol. The van der Waals surface area contributed by atoms with E-state index in [0.29, 0.717) is 0 Å². The van der Waals surface area contributed by atoms with Gasteiger partial charge in [-0.15, -0.1) is 0 Å². The van der Waals surface area contributed by atoms with Crippen LogP contribution >= 0.6 is 0 Å². The van der Waals surface area contributed by atoms with E-state index in [4.69, 9.17) is 4.74 Å². The minimum absolute atomic E-state index is 0.170. The lowest BCUT2D eigenvalue weighted by Crippen LogP contribution is -2.25. The van der Waals surface area contributed by atoms with E-state index in [1.807, 2.05) is 11.7 Å². The van der Waals surface area contributed by atoms with Gasteiger partial charge in [0.25, 0.3) is 0 Å². The molecule has 1 aromatic heterocycles. The normalized spacial score (nSPS) is 12.4. The summed E-state index contributed by atoms with van der Waals surface area (Å²) >= 11 is 0. The molecule has 0 aliphatic heterocycles. The molecule has 0 saturated heterocycles. The van der Waals surface area contributed by atoms with Crippen LogP contribution < -0.4 is 10.1 Å². The molecule has 0 saturated carbocycles. The zero-order chi connectivity index (χ0) is 15.2. The fourth-order valence-electron chi connectivity index (χ4n) is 2.40. The number of nitrogens with zero attached hydrogens (tertiary/aromatic N) is 3. The number of aryl methyl sites for hydroxylation is 2. The summed E-state index contributed by atoms with van der Waals surface area (Å²) in [6, 6.07) is 6.50. The number of methoxy groups -OCH3 is 1. The zero-order valence-electron chi connectivity index (χ0n) is 13.3. The summed E-state index contributed by atoms with van der Waals surface area (Å²) in [6.07, 6.45) is 3.47. The van der Waals surface area contributed by atoms with E-state index in [0.717, 1.165) is 31.0 Å². The Labute approximate surface area is 126 Å². The maximum Gasteiger partial charge on any atom is 0.138 e. The molecule has 1 heterocycles. The van der Waals surface area contributed by atoms with Gasteiger partial charge in [0.05, 0.1) is 7.11 Å². The van der Waals surface area contributed by atoms with Crippen molar-refractivity contribution in [1.82, 2.24) is 20.1 Å². The molecule has 2 rings (SSSR count). The minimum atomic E-state index is 0.170. The van der Waals surface area contributed by atoms with Crippen LogP contribution in [-0.4, -0.2) is 28.4 Å². The molecule has 0 bridgehead atoms. The van der Waals surface area contributed by atoms with Crippen LogP contribution in [0.3, 0.4) is 0 Å². The predicted octanol–water partition coefficient (Wildman–Crippen LogP) is 2.42. The molecule has 0 radical (unpaired) electrons. The molecule has 1 atom stereocenters. The second kappa shape index (κ2) is 7.22. The molecule has 0 aliphatic carbocycles. The molecule has 0 amide bonds. The average Bonchev–Trinajstić information content (AvgIpc) is 2.88. The van der Waals surface area contributed by atoms with Crippen molar-refractivity contribution in [2.24, 2.45) is 7.05 Å². The van der Waals surface area contributed by atoms with E-state index < -0.39 is 0 Å². The van der Waals surface area contributed by atoms with Gasteiger partial charge in [-0.2, -0.15) is 5.10 Å². The standard InChI is InChI=1S/C16H24N4O/c1-5-8-17-14(10-16-18-11-19-20(16)3)13-7-6-12(2)9-15(13)21-4/h6-7,9,11,14,17H,5,8,10H2,1-4H3. The number of hydrogen-bond donors (Lipinski definition) is 1. The second-order valence-corrected chi connectivity index (χ2v) is 5.26. The van der Waals surface area contributed by atoms with E-state index in [1.54, 1.807) is 13.4 Å². The van der Waals surface area contributed by atoms with Gasteiger partial charge in [-0.1, -0.05) is 19.1 Å². The van der Waals surface area contributed by atoms with Gasteiger partial charge in [0.15, 0.2) is 0 Å². The molecule has 1 N–H and O–H groups in total. The van der Waals surface area contributed by atoms with Gasteiger partial charge in [-0.05, 0) is 31.5 Å². The summed E-state index contributed by atoms with van der Waals surface area (Å²) in [6.45, 7) is 5.20. The molecular formula is C16H24N4O. The summed E-state index contributed by atoms with van der Waals surface area (Å²) in [5, 5.41) is 7.73. The number of hydrogen-bond acceptors (Lipinski definition) is 4. The Morgan fingerprint density at radius 3 is 2.81 bits per heavy atom. The fourth-order valence-corrected chi connectivity index (χ4v) is 2.40. The van der Waals surface area contributed by atoms with E-state index >= 15 is 0 Å². The van der Waals surface area contributed by atoms with E-state index in [-0.39, 0.29) is 6.04 Å². The van der Waals surface area contributed by atoms with Gasteiger partial charge in [-0.25, -0.2) is 4.98 Å². The van der Waals surface area contributed by atoms with Crippen molar-refractivity contribution in [3.05, 3.63) is 41.5 Å². The summed E-state index contributed by atoms with van der Waals surface area (Å²) in [7, 11) is 3.64. The largest absolute Gasteiger partial charge is 0.496 e. The Hall–Kier alpha value is -1.88. The van der Waals surface area contributed by atoms with Crippen LogP contribution in [0.25, 0.3) is 0 Å². The van der Waals surface area contributed by atoms with Crippen molar-refractivity contribution in [2.45, 2.75) is 32.7 Å². The summed E-state index contributed by atoms with van der Waals surface area (Å²) in [5.41, 5.74) is 2.36. The lowest BCUT2D eigenvalue weighted by Gasteiger charge is -2.21. The van der Waals surface area contributed by atoms with E-state index in [1.165, 1.54) is 11.1 Å². The molecule has 0 spiro atoms. The number of nitrogens with one attached hydrogen (secondary N) is 1. The highest BCUT2D eigenvalue weighted by Gasteiger charge is 2.18. The molecule has 5 heteroatoms. The van der Waals surface area contributed by atoms with Crippen LogP contribution in [0.4, 0.5) is 0 Å². The smallest absolute Gasteiger partial charge is 0.138 e. The third-order valence-corrected chi connectivity index (χ3v) is 3.60. The lowest BCUT2D eigenvalue weighted by atomic mass is 10.0. The van der Waals surface area contributed by atoms with Crippen LogP contribution in [-0.2, 0) is 13.5 Å². The molecule has 1 aromatic carbocycles. The first-order chi connectivity index (χ1) is 10.2. The highest BCUT2D eigenvalue weighted by Crippen LogP contribution is 2.28. The molecule has 5 nitrogen and oxygen atoms in total. The maximum absolute atomic E-state index is 5.55. The summed E-state index contributed by atoms with van der Waals surface area (Å²) in [4.78, 5) is 4.33. The fraction of sp³-hybridized carbons (Fsp3) is 0.500. The predicted molar refractivity (Wildman–Crippen MR) is 83.5 cm³/mol. The maximum atomic E-state index is 5.55. The first-order valence-electron chi connectivity index (χ1n) is 7.36. The molecule has 0 aliphatic rings. The Kier molecular flexibility index (Phi) is 5.33. The van der Waals surface area contributed by atoms with Gasteiger partial charge in [0.1, 0.15) is 17.9 Å². The molecule has 21 heavy (non-hydrogen) atoms. The first kappa shape index (κ1) is 15.5. The van der Waals surface area contributed by atoms with Crippen LogP contribution in [0.1, 0.15) is 36.3 Å². The monoisotopic (exact) mass is 288 g/mol. The second-order valence-electron chi connectivity index (χ2n) is 5.26. The van der Waals surface area contributed by atoms with Crippen LogP contribution in [0.15, 0.2) is 24.5 Å². The van der Waals surface area contributed by atoms with Crippen molar-refractivity contribution in [3.8, 4) is 5.75 Å². The number of ether oxygens (including phenoxy) is 1. The van der Waals surface area contributed by atoms with E-state index in [9.17, 15) is 0 Å². The number of benzene rings is 1. The zero-order valence-corrected chi connectivity index (χ0v) is 13.3. The Morgan fingerprint density at radius 2 is 2.19 bits per heavy atom. The Morgan fingerprint density at radius 1 is 1.38 bits per heavy atom. The van der Waals surface area contributed by atoms with Crippen LogP contribution in [0, 0.1) is 6.92 Å². The summed E-state index contributed by atoms with van der Waals surface area (Å²) < 4.78 is 7.37. The molecule has 1 unspecified atom stereocenters. The Bertz CT molecular complexity index is 579. The third-order valence-electron chi connectivity index (χ3n) is 3.60. The van der Waals surface area contributed by atoms with Crippen LogP contribution in [0.2, 0.25) is 0 Å². The number of rotatable bonds is 7. The average molecular weight is 288 g/mol. The Balaban J connectivity index is 2.29. The topological polar surface area (TPSA) is 52.0 Å². The lowest BCUT2D eigenvalue weighted by molar-refractivity contribution is 0.396. The third kappa shape index (κ3) is 3.82. The summed E-state index contributed by atoms with van der Waals surface area (Å²) in [5.74, 6) is 1.89. The molecule has 114 valence electrons. The minimum Gasteiger partial charge on any atom is -0.496 e. The van der Waals surface area contributed by atoms with Gasteiger partial charge in [0.2, 0.25) is 0 Å². The molecule has 0 fully saturated rings. The first-order valence-corrected chi connectivity index (χ1v) is 7.36. The highest BCUT2D eigenvalue weighted by atomic mass is 16.5. The van der Waals surface area contributed by atoms with Crippen molar-refractivity contribution in [3.63, 3.8) is 0 Å². The van der Waals surface area contributed by atoms with Gasteiger partial charge < -0.3 is 10.1 Å². The van der Waals surface area contributed by atoms with Gasteiger partial charge in [-0.3, -0.25) is 4.68 Å².